The number of likely N-dealkylation sites (tertiary alicyclic amines) is 1. The minimum absolute atomic E-state index is 0.00302. The van der Waals surface area contributed by atoms with E-state index in [9.17, 15) is 9.18 Å². The molecule has 0 spiro atoms. The van der Waals surface area contributed by atoms with Gasteiger partial charge in [0.2, 0.25) is 5.89 Å². The number of hydrogen-bond acceptors (Lipinski definition) is 5. The lowest BCUT2D eigenvalue weighted by Gasteiger charge is -2.32. The Hall–Kier alpha value is -1.50. The molecule has 1 aromatic heterocycles. The molecule has 0 aliphatic carbocycles. The van der Waals surface area contributed by atoms with Gasteiger partial charge in [-0.1, -0.05) is 25.9 Å². The molecule has 1 N–H and O–H groups in total. The topological polar surface area (TPSA) is 71.3 Å². The maximum absolute atomic E-state index is 13.9. The van der Waals surface area contributed by atoms with E-state index in [0.717, 1.165) is 13.0 Å². The Labute approximate surface area is 124 Å². The van der Waals surface area contributed by atoms with Crippen molar-refractivity contribution in [3.8, 4) is 0 Å². The summed E-state index contributed by atoms with van der Waals surface area (Å²) in [7, 11) is 1.90. The van der Waals surface area contributed by atoms with Crippen LogP contribution < -0.4 is 5.32 Å². The van der Waals surface area contributed by atoms with Crippen LogP contribution in [-0.2, 0) is 5.41 Å². The highest BCUT2D eigenvalue weighted by molar-refractivity contribution is 5.90. The molecule has 2 heterocycles. The molecule has 1 saturated heterocycles. The van der Waals surface area contributed by atoms with E-state index >= 15 is 0 Å². The lowest BCUT2D eigenvalue weighted by atomic mass is 9.95. The van der Waals surface area contributed by atoms with Gasteiger partial charge in [0.05, 0.1) is 0 Å². The molecule has 2 unspecified atom stereocenters. The molecule has 1 fully saturated rings. The predicted molar refractivity (Wildman–Crippen MR) is 75.8 cm³/mol. The van der Waals surface area contributed by atoms with E-state index in [1.807, 2.05) is 32.7 Å². The van der Waals surface area contributed by atoms with Crippen molar-refractivity contribution in [2.24, 2.45) is 5.92 Å². The first-order valence-corrected chi connectivity index (χ1v) is 7.22. The number of carbonyl (C=O) groups excluding carboxylic acids is 1. The van der Waals surface area contributed by atoms with Crippen molar-refractivity contribution >= 4 is 5.91 Å². The van der Waals surface area contributed by atoms with E-state index in [1.165, 1.54) is 0 Å². The highest BCUT2D eigenvalue weighted by Gasteiger charge is 2.29. The molecular weight excluding hydrogens is 275 g/mol. The first-order valence-electron chi connectivity index (χ1n) is 7.22. The lowest BCUT2D eigenvalue weighted by molar-refractivity contribution is 0.0845. The van der Waals surface area contributed by atoms with Crippen LogP contribution in [0.3, 0.4) is 0 Å². The molecule has 0 saturated carbocycles. The Kier molecular flexibility index (Phi) is 4.61. The molecular formula is C14H23FN4O2. The zero-order valence-electron chi connectivity index (χ0n) is 13.0. The summed E-state index contributed by atoms with van der Waals surface area (Å²) in [5, 5.41) is 6.37. The Bertz CT molecular complexity index is 497. The number of alkyl halides is 1. The first kappa shape index (κ1) is 15.9. The van der Waals surface area contributed by atoms with Crippen molar-refractivity contribution in [1.29, 1.82) is 0 Å². The van der Waals surface area contributed by atoms with Gasteiger partial charge in [-0.25, -0.2) is 4.39 Å². The summed E-state index contributed by atoms with van der Waals surface area (Å²) < 4.78 is 18.9. The monoisotopic (exact) mass is 298 g/mol. The number of nitrogens with one attached hydrogen (secondary N) is 1. The van der Waals surface area contributed by atoms with Crippen LogP contribution in [0.15, 0.2) is 4.52 Å². The number of nitrogens with zero attached hydrogens (tertiary/aromatic N) is 3. The maximum Gasteiger partial charge on any atom is 0.292 e. The first-order chi connectivity index (χ1) is 9.77. The number of rotatable bonds is 3. The van der Waals surface area contributed by atoms with Crippen molar-refractivity contribution in [2.45, 2.75) is 38.8 Å². The number of carbonyl (C=O) groups is 1. The Morgan fingerprint density at radius 1 is 1.52 bits per heavy atom. The second kappa shape index (κ2) is 6.09. The summed E-state index contributed by atoms with van der Waals surface area (Å²) in [5.41, 5.74) is -0.302. The predicted octanol–water partition coefficient (Wildman–Crippen LogP) is 1.39. The fraction of sp³-hybridized carbons (Fsp3) is 0.786. The van der Waals surface area contributed by atoms with E-state index in [2.05, 4.69) is 15.5 Å². The van der Waals surface area contributed by atoms with Gasteiger partial charge in [-0.3, -0.25) is 4.79 Å². The Morgan fingerprint density at radius 2 is 2.24 bits per heavy atom. The number of halogens is 1. The van der Waals surface area contributed by atoms with E-state index in [1.54, 1.807) is 0 Å². The third-order valence-electron chi connectivity index (χ3n) is 3.67. The number of piperidine rings is 1. The zero-order chi connectivity index (χ0) is 15.6. The van der Waals surface area contributed by atoms with Crippen molar-refractivity contribution in [2.75, 3.05) is 26.7 Å². The maximum atomic E-state index is 13.9. The second-order valence-corrected chi connectivity index (χ2v) is 6.71. The van der Waals surface area contributed by atoms with E-state index in [0.29, 0.717) is 19.0 Å². The smallest absolute Gasteiger partial charge is 0.292 e. The van der Waals surface area contributed by atoms with E-state index in [-0.39, 0.29) is 17.2 Å². The summed E-state index contributed by atoms with van der Waals surface area (Å²) in [6.07, 6.45) is -0.184. The van der Waals surface area contributed by atoms with Crippen LogP contribution in [0.5, 0.6) is 0 Å². The third kappa shape index (κ3) is 4.00. The van der Waals surface area contributed by atoms with Gasteiger partial charge < -0.3 is 14.7 Å². The second-order valence-electron chi connectivity index (χ2n) is 6.71. The van der Waals surface area contributed by atoms with Crippen LogP contribution in [-0.4, -0.2) is 53.8 Å². The highest BCUT2D eigenvalue weighted by Crippen LogP contribution is 2.20. The summed E-state index contributed by atoms with van der Waals surface area (Å²) in [6.45, 7) is 7.33. The molecule has 1 aromatic rings. The number of aromatic nitrogens is 2. The van der Waals surface area contributed by atoms with Gasteiger partial charge in [0, 0.05) is 24.4 Å². The Balaban J connectivity index is 1.89. The normalized spacial score (nSPS) is 24.0. The Morgan fingerprint density at radius 3 is 2.81 bits per heavy atom. The van der Waals surface area contributed by atoms with Gasteiger partial charge in [-0.15, -0.1) is 0 Å². The zero-order valence-corrected chi connectivity index (χ0v) is 13.0. The minimum atomic E-state index is -0.917. The molecule has 118 valence electrons. The summed E-state index contributed by atoms with van der Waals surface area (Å²) >= 11 is 0. The molecule has 2 rings (SSSR count). The quantitative estimate of drug-likeness (QED) is 0.913. The van der Waals surface area contributed by atoms with Gasteiger partial charge >= 0.3 is 0 Å². The fourth-order valence-corrected chi connectivity index (χ4v) is 2.26. The molecule has 1 aliphatic heterocycles. The number of hydrogen-bond donors (Lipinski definition) is 1. The van der Waals surface area contributed by atoms with E-state index < -0.39 is 12.1 Å². The largest absolute Gasteiger partial charge is 0.349 e. The van der Waals surface area contributed by atoms with E-state index in [4.69, 9.17) is 4.52 Å². The van der Waals surface area contributed by atoms with Crippen molar-refractivity contribution in [3.05, 3.63) is 11.7 Å². The molecule has 7 heteroatoms. The van der Waals surface area contributed by atoms with Crippen molar-refractivity contribution in [1.82, 2.24) is 20.4 Å². The minimum Gasteiger partial charge on any atom is -0.349 e. The van der Waals surface area contributed by atoms with Crippen molar-refractivity contribution < 1.29 is 13.7 Å². The molecule has 0 radical (unpaired) electrons. The van der Waals surface area contributed by atoms with Crippen LogP contribution in [0.4, 0.5) is 4.39 Å². The summed E-state index contributed by atoms with van der Waals surface area (Å²) in [6, 6.07) is 0. The third-order valence-corrected chi connectivity index (χ3v) is 3.67. The van der Waals surface area contributed by atoms with Crippen LogP contribution >= 0.6 is 0 Å². The van der Waals surface area contributed by atoms with Gasteiger partial charge in [0.15, 0.2) is 0 Å². The standard InChI is InChI=1S/C14H23FN4O2/c1-14(2,3)13-17-11(18-21-13)12(20)16-7-9-5-6-19(4)8-10(9)15/h9-10H,5-8H2,1-4H3,(H,16,20). The lowest BCUT2D eigenvalue weighted by Crippen LogP contribution is -2.44. The average molecular weight is 298 g/mol. The van der Waals surface area contributed by atoms with Gasteiger partial charge in [-0.05, 0) is 20.0 Å². The average Bonchev–Trinajstić information content (AvgIpc) is 2.87. The molecule has 0 aromatic carbocycles. The van der Waals surface area contributed by atoms with Crippen LogP contribution in [0.25, 0.3) is 0 Å². The van der Waals surface area contributed by atoms with Crippen molar-refractivity contribution in [3.63, 3.8) is 0 Å². The molecule has 6 nitrogen and oxygen atoms in total. The van der Waals surface area contributed by atoms with Crippen LogP contribution in [0.1, 0.15) is 43.7 Å². The summed E-state index contributed by atoms with van der Waals surface area (Å²) in [5.74, 6) is -0.155. The SMILES string of the molecule is CN1CCC(CNC(=O)c2noc(C(C)(C)C)n2)C(F)C1. The fourth-order valence-electron chi connectivity index (χ4n) is 2.26. The molecule has 0 bridgehead atoms. The molecule has 1 aliphatic rings. The molecule has 21 heavy (non-hydrogen) atoms. The van der Waals surface area contributed by atoms with Gasteiger partial charge in [0.1, 0.15) is 6.17 Å². The van der Waals surface area contributed by atoms with Gasteiger partial charge in [-0.2, -0.15) is 4.98 Å². The highest BCUT2D eigenvalue weighted by atomic mass is 19.1. The molecule has 1 amide bonds. The van der Waals surface area contributed by atoms with Crippen LogP contribution in [0.2, 0.25) is 0 Å². The molecule has 2 atom stereocenters. The number of amides is 1. The van der Waals surface area contributed by atoms with Gasteiger partial charge in [0.25, 0.3) is 11.7 Å². The van der Waals surface area contributed by atoms with Crippen LogP contribution in [0, 0.1) is 5.92 Å². The summed E-state index contributed by atoms with van der Waals surface area (Å²) in [4.78, 5) is 18.0.